The van der Waals surface area contributed by atoms with Crippen LogP contribution in [0.4, 0.5) is 5.95 Å². The van der Waals surface area contributed by atoms with E-state index in [1.807, 2.05) is 18.2 Å². The first-order valence-electron chi connectivity index (χ1n) is 7.73. The Morgan fingerprint density at radius 3 is 2.91 bits per heavy atom. The summed E-state index contributed by atoms with van der Waals surface area (Å²) in [5, 5.41) is 7.47. The summed E-state index contributed by atoms with van der Waals surface area (Å²) < 4.78 is 6.95. The number of hydrogen-bond acceptors (Lipinski definition) is 6. The van der Waals surface area contributed by atoms with E-state index in [0.29, 0.717) is 18.1 Å². The van der Waals surface area contributed by atoms with Crippen LogP contribution in [0.1, 0.15) is 38.4 Å². The lowest BCUT2D eigenvalue weighted by Gasteiger charge is -2.28. The SMILES string of the molecule is CCCC1=C(C(=O)OCC)[C@H](c2ccccn2)n2ncnc2N1. The quantitative estimate of drug-likeness (QED) is 0.853. The normalized spacial score (nSPS) is 16.7. The van der Waals surface area contributed by atoms with E-state index in [4.69, 9.17) is 4.74 Å². The highest BCUT2D eigenvalue weighted by molar-refractivity contribution is 5.92. The summed E-state index contributed by atoms with van der Waals surface area (Å²) in [6, 6.07) is 5.18. The molecule has 3 heterocycles. The second-order valence-corrected chi connectivity index (χ2v) is 5.17. The highest BCUT2D eigenvalue weighted by Gasteiger charge is 2.35. The molecule has 23 heavy (non-hydrogen) atoms. The lowest BCUT2D eigenvalue weighted by atomic mass is 9.97. The standard InChI is InChI=1S/C16H19N5O2/c1-3-7-11-13(15(22)23-4-2)14(12-8-5-6-9-17-12)21-16(20-11)18-10-19-21/h5-6,8-10,14H,3-4,7H2,1-2H3,(H,18,19,20)/t14-/m0/s1. The van der Waals surface area contributed by atoms with Gasteiger partial charge in [-0.05, 0) is 25.5 Å². The summed E-state index contributed by atoms with van der Waals surface area (Å²) in [6.07, 6.45) is 4.80. The summed E-state index contributed by atoms with van der Waals surface area (Å²) >= 11 is 0. The van der Waals surface area contributed by atoms with Crippen molar-refractivity contribution < 1.29 is 9.53 Å². The van der Waals surface area contributed by atoms with E-state index >= 15 is 0 Å². The number of nitrogens with one attached hydrogen (secondary N) is 1. The minimum Gasteiger partial charge on any atom is -0.463 e. The van der Waals surface area contributed by atoms with Crippen molar-refractivity contribution in [2.75, 3.05) is 11.9 Å². The predicted octanol–water partition coefficient (Wildman–Crippen LogP) is 2.31. The number of nitrogens with zero attached hydrogens (tertiary/aromatic N) is 4. The zero-order chi connectivity index (χ0) is 16.2. The fourth-order valence-electron chi connectivity index (χ4n) is 2.72. The van der Waals surface area contributed by atoms with Crippen molar-refractivity contribution in [1.82, 2.24) is 19.7 Å². The number of fused-ring (bicyclic) bond motifs is 1. The van der Waals surface area contributed by atoms with Crippen molar-refractivity contribution in [1.29, 1.82) is 0 Å². The van der Waals surface area contributed by atoms with Gasteiger partial charge in [0, 0.05) is 11.9 Å². The van der Waals surface area contributed by atoms with Crippen LogP contribution in [0.5, 0.6) is 0 Å². The predicted molar refractivity (Wildman–Crippen MR) is 84.6 cm³/mol. The Morgan fingerprint density at radius 2 is 2.22 bits per heavy atom. The Balaban J connectivity index is 2.15. The molecule has 0 aromatic carbocycles. The van der Waals surface area contributed by atoms with Gasteiger partial charge in [0.25, 0.3) is 0 Å². The van der Waals surface area contributed by atoms with Crippen molar-refractivity contribution in [3.05, 3.63) is 47.7 Å². The molecule has 1 N–H and O–H groups in total. The van der Waals surface area contributed by atoms with Gasteiger partial charge in [0.05, 0.1) is 17.9 Å². The Kier molecular flexibility index (Phi) is 4.36. The summed E-state index contributed by atoms with van der Waals surface area (Å²) in [7, 11) is 0. The van der Waals surface area contributed by atoms with E-state index in [1.165, 1.54) is 6.33 Å². The lowest BCUT2D eigenvalue weighted by molar-refractivity contribution is -0.139. The third-order valence-corrected chi connectivity index (χ3v) is 3.64. The number of allylic oxidation sites excluding steroid dienone is 1. The molecule has 1 atom stereocenters. The monoisotopic (exact) mass is 313 g/mol. The molecule has 0 bridgehead atoms. The average molecular weight is 313 g/mol. The Labute approximate surface area is 134 Å². The van der Waals surface area contributed by atoms with Gasteiger partial charge in [-0.25, -0.2) is 9.48 Å². The van der Waals surface area contributed by atoms with Gasteiger partial charge < -0.3 is 10.1 Å². The maximum absolute atomic E-state index is 12.6. The molecule has 0 unspecified atom stereocenters. The molecular formula is C16H19N5O2. The molecule has 1 aliphatic heterocycles. The minimum atomic E-state index is -0.435. The van der Waals surface area contributed by atoms with Crippen LogP contribution in [0, 0.1) is 0 Å². The summed E-state index contributed by atoms with van der Waals surface area (Å²) in [6.45, 7) is 4.18. The molecule has 0 amide bonds. The van der Waals surface area contributed by atoms with Gasteiger partial charge in [-0.15, -0.1) is 0 Å². The van der Waals surface area contributed by atoms with Crippen LogP contribution in [-0.4, -0.2) is 32.3 Å². The molecule has 0 aliphatic carbocycles. The number of pyridine rings is 1. The molecule has 2 aromatic rings. The molecule has 7 nitrogen and oxygen atoms in total. The molecule has 120 valence electrons. The van der Waals surface area contributed by atoms with Crippen molar-refractivity contribution in [2.45, 2.75) is 32.7 Å². The summed E-state index contributed by atoms with van der Waals surface area (Å²) in [5.74, 6) is 0.261. The first kappa shape index (κ1) is 15.2. The minimum absolute atomic E-state index is 0.320. The van der Waals surface area contributed by atoms with Gasteiger partial charge >= 0.3 is 5.97 Å². The molecule has 1 aliphatic rings. The van der Waals surface area contributed by atoms with Crippen LogP contribution in [0.2, 0.25) is 0 Å². The lowest BCUT2D eigenvalue weighted by Crippen LogP contribution is -2.31. The van der Waals surface area contributed by atoms with Crippen LogP contribution >= 0.6 is 0 Å². The second-order valence-electron chi connectivity index (χ2n) is 5.17. The summed E-state index contributed by atoms with van der Waals surface area (Å²) in [4.78, 5) is 21.2. The largest absolute Gasteiger partial charge is 0.463 e. The first-order valence-corrected chi connectivity index (χ1v) is 7.73. The van der Waals surface area contributed by atoms with Gasteiger partial charge in [-0.1, -0.05) is 19.4 Å². The molecule has 3 rings (SSSR count). The first-order chi connectivity index (χ1) is 11.3. The smallest absolute Gasteiger partial charge is 0.338 e. The Bertz CT molecular complexity index is 723. The van der Waals surface area contributed by atoms with Gasteiger partial charge in [0.2, 0.25) is 5.95 Å². The van der Waals surface area contributed by atoms with Crippen LogP contribution in [0.15, 0.2) is 42.0 Å². The van der Waals surface area contributed by atoms with Crippen molar-refractivity contribution in [3.63, 3.8) is 0 Å². The number of anilines is 1. The molecule has 0 radical (unpaired) electrons. The number of aromatic nitrogens is 4. The fourth-order valence-corrected chi connectivity index (χ4v) is 2.72. The van der Waals surface area contributed by atoms with Crippen LogP contribution < -0.4 is 5.32 Å². The number of carbonyl (C=O) groups excluding carboxylic acids is 1. The van der Waals surface area contributed by atoms with E-state index < -0.39 is 6.04 Å². The van der Waals surface area contributed by atoms with Crippen molar-refractivity contribution in [3.8, 4) is 0 Å². The molecule has 0 spiro atoms. The Hall–Kier alpha value is -2.70. The van der Waals surface area contributed by atoms with Crippen LogP contribution in [-0.2, 0) is 9.53 Å². The Morgan fingerprint density at radius 1 is 1.35 bits per heavy atom. The third-order valence-electron chi connectivity index (χ3n) is 3.64. The second kappa shape index (κ2) is 6.60. The van der Waals surface area contributed by atoms with Gasteiger partial charge in [-0.2, -0.15) is 10.1 Å². The highest BCUT2D eigenvalue weighted by Crippen LogP contribution is 2.35. The summed E-state index contributed by atoms with van der Waals surface area (Å²) in [5.41, 5.74) is 2.10. The molecule has 0 saturated carbocycles. The number of carbonyl (C=O) groups is 1. The van der Waals surface area contributed by atoms with Gasteiger partial charge in [0.15, 0.2) is 0 Å². The maximum Gasteiger partial charge on any atom is 0.338 e. The third kappa shape index (κ3) is 2.81. The van der Waals surface area contributed by atoms with Crippen molar-refractivity contribution in [2.24, 2.45) is 0 Å². The number of esters is 1. The van der Waals surface area contributed by atoms with E-state index in [2.05, 4.69) is 27.3 Å². The molecule has 2 aromatic heterocycles. The van der Waals surface area contributed by atoms with E-state index in [0.717, 1.165) is 24.2 Å². The zero-order valence-corrected chi connectivity index (χ0v) is 13.2. The van der Waals surface area contributed by atoms with Crippen LogP contribution in [0.25, 0.3) is 0 Å². The number of hydrogen-bond donors (Lipinski definition) is 1. The molecule has 0 fully saturated rings. The van der Waals surface area contributed by atoms with Crippen molar-refractivity contribution >= 4 is 11.9 Å². The maximum atomic E-state index is 12.6. The average Bonchev–Trinajstić information content (AvgIpc) is 3.03. The molecule has 7 heteroatoms. The van der Waals surface area contributed by atoms with Gasteiger partial charge in [0.1, 0.15) is 12.4 Å². The van der Waals surface area contributed by atoms with Gasteiger partial charge in [-0.3, -0.25) is 4.98 Å². The van der Waals surface area contributed by atoms with E-state index in [1.54, 1.807) is 17.8 Å². The highest BCUT2D eigenvalue weighted by atomic mass is 16.5. The number of ether oxygens (including phenoxy) is 1. The fraction of sp³-hybridized carbons (Fsp3) is 0.375. The molecule has 0 saturated heterocycles. The van der Waals surface area contributed by atoms with Crippen LogP contribution in [0.3, 0.4) is 0 Å². The number of rotatable bonds is 5. The molecular weight excluding hydrogens is 294 g/mol. The van der Waals surface area contributed by atoms with E-state index in [9.17, 15) is 4.79 Å². The zero-order valence-electron chi connectivity index (χ0n) is 13.2. The topological polar surface area (TPSA) is 81.9 Å². The van der Waals surface area contributed by atoms with E-state index in [-0.39, 0.29) is 5.97 Å².